The van der Waals surface area contributed by atoms with Gasteiger partial charge in [0.25, 0.3) is 0 Å². The van der Waals surface area contributed by atoms with Crippen LogP contribution in [-0.2, 0) is 23.8 Å². The van der Waals surface area contributed by atoms with Crippen molar-refractivity contribution in [3.05, 3.63) is 36.0 Å². The number of carbonyl (C=O) groups excluding carboxylic acids is 3. The highest BCUT2D eigenvalue weighted by Crippen LogP contribution is 2.18. The summed E-state index contributed by atoms with van der Waals surface area (Å²) in [6.07, 6.45) is 0.364. The van der Waals surface area contributed by atoms with E-state index in [1.54, 1.807) is 45.0 Å². The van der Waals surface area contributed by atoms with Gasteiger partial charge in [-0.1, -0.05) is 6.07 Å². The van der Waals surface area contributed by atoms with Crippen LogP contribution in [-0.4, -0.2) is 37.9 Å². The highest BCUT2D eigenvalue weighted by molar-refractivity contribution is 5.99. The average Bonchev–Trinajstić information content (AvgIpc) is 2.51. The molecule has 8 heteroatoms. The number of ether oxygens (including phenoxy) is 3. The average molecular weight is 350 g/mol. The molecular weight excluding hydrogens is 328 g/mol. The SMILES string of the molecule is COC(=O)/C=C(/Nc1cccc(NC(=O)OC(C)(C)C)c1)C(=O)OC. The number of hydrogen-bond donors (Lipinski definition) is 2. The Morgan fingerprint density at radius 3 is 2.12 bits per heavy atom. The van der Waals surface area contributed by atoms with Gasteiger partial charge in [-0.3, -0.25) is 5.32 Å². The molecule has 0 bridgehead atoms. The summed E-state index contributed by atoms with van der Waals surface area (Å²) in [7, 11) is 2.38. The van der Waals surface area contributed by atoms with E-state index in [9.17, 15) is 14.4 Å². The van der Waals surface area contributed by atoms with Crippen molar-refractivity contribution in [3.8, 4) is 0 Å². The fraction of sp³-hybridized carbons (Fsp3) is 0.353. The van der Waals surface area contributed by atoms with Crippen LogP contribution in [0.4, 0.5) is 16.2 Å². The van der Waals surface area contributed by atoms with Crippen molar-refractivity contribution in [2.75, 3.05) is 24.9 Å². The highest BCUT2D eigenvalue weighted by atomic mass is 16.6. The first-order valence-corrected chi connectivity index (χ1v) is 7.39. The summed E-state index contributed by atoms with van der Waals surface area (Å²) in [6, 6.07) is 6.52. The lowest BCUT2D eigenvalue weighted by atomic mass is 10.2. The standard InChI is InChI=1S/C17H22N2O6/c1-17(2,3)25-16(22)19-12-8-6-7-11(9-12)18-13(15(21)24-5)10-14(20)23-4/h6-10,18H,1-5H3,(H,19,22)/b13-10+. The van der Waals surface area contributed by atoms with Crippen molar-refractivity contribution in [1.82, 2.24) is 0 Å². The number of nitrogens with one attached hydrogen (secondary N) is 2. The summed E-state index contributed by atoms with van der Waals surface area (Å²) in [4.78, 5) is 34.9. The Hall–Kier alpha value is -3.03. The molecule has 1 amide bonds. The first-order valence-electron chi connectivity index (χ1n) is 7.39. The van der Waals surface area contributed by atoms with E-state index in [2.05, 4.69) is 20.1 Å². The van der Waals surface area contributed by atoms with Crippen LogP contribution in [0.1, 0.15) is 20.8 Å². The van der Waals surface area contributed by atoms with Crippen molar-refractivity contribution >= 4 is 29.4 Å². The minimum atomic E-state index is -0.740. The zero-order chi connectivity index (χ0) is 19.0. The zero-order valence-corrected chi connectivity index (χ0v) is 14.8. The molecule has 0 aliphatic carbocycles. The number of anilines is 2. The zero-order valence-electron chi connectivity index (χ0n) is 14.8. The molecule has 0 aliphatic rings. The molecule has 1 aromatic rings. The van der Waals surface area contributed by atoms with Gasteiger partial charge in [0.15, 0.2) is 0 Å². The minimum absolute atomic E-state index is 0.108. The summed E-state index contributed by atoms with van der Waals surface area (Å²) in [5.41, 5.74) is 0.167. The van der Waals surface area contributed by atoms with E-state index >= 15 is 0 Å². The third-order valence-corrected chi connectivity index (χ3v) is 2.66. The Bertz CT molecular complexity index is 676. The van der Waals surface area contributed by atoms with Gasteiger partial charge in [0.1, 0.15) is 11.3 Å². The second kappa shape index (κ2) is 8.72. The molecule has 25 heavy (non-hydrogen) atoms. The molecule has 2 N–H and O–H groups in total. The highest BCUT2D eigenvalue weighted by Gasteiger charge is 2.17. The van der Waals surface area contributed by atoms with Gasteiger partial charge in [0.05, 0.1) is 20.3 Å². The molecule has 0 unspecified atom stereocenters. The number of carbonyl (C=O) groups is 3. The van der Waals surface area contributed by atoms with Gasteiger partial charge in [0, 0.05) is 11.4 Å². The monoisotopic (exact) mass is 350 g/mol. The molecule has 0 saturated heterocycles. The maximum atomic E-state index is 11.8. The molecule has 0 fully saturated rings. The molecular formula is C17H22N2O6. The Kier molecular flexibility index (Phi) is 6.98. The fourth-order valence-corrected chi connectivity index (χ4v) is 1.68. The lowest BCUT2D eigenvalue weighted by Crippen LogP contribution is -2.27. The van der Waals surface area contributed by atoms with E-state index in [-0.39, 0.29) is 5.70 Å². The number of amides is 1. The van der Waals surface area contributed by atoms with Crippen molar-refractivity contribution < 1.29 is 28.6 Å². The third-order valence-electron chi connectivity index (χ3n) is 2.66. The minimum Gasteiger partial charge on any atom is -0.466 e. The normalized spacial score (nSPS) is 11.3. The van der Waals surface area contributed by atoms with Crippen molar-refractivity contribution in [2.24, 2.45) is 0 Å². The third kappa shape index (κ3) is 7.38. The molecule has 0 radical (unpaired) electrons. The summed E-state index contributed by atoms with van der Waals surface area (Å²) in [5.74, 6) is -1.45. The quantitative estimate of drug-likeness (QED) is 0.478. The van der Waals surface area contributed by atoms with Crippen LogP contribution < -0.4 is 10.6 Å². The Morgan fingerprint density at radius 2 is 1.60 bits per heavy atom. The summed E-state index contributed by atoms with van der Waals surface area (Å²) < 4.78 is 14.3. The lowest BCUT2D eigenvalue weighted by molar-refractivity contribution is -0.138. The number of rotatable bonds is 5. The Morgan fingerprint density at radius 1 is 1.00 bits per heavy atom. The summed E-state index contributed by atoms with van der Waals surface area (Å²) in [6.45, 7) is 5.26. The smallest absolute Gasteiger partial charge is 0.412 e. The summed E-state index contributed by atoms with van der Waals surface area (Å²) >= 11 is 0. The van der Waals surface area contributed by atoms with Crippen LogP contribution in [0.3, 0.4) is 0 Å². The van der Waals surface area contributed by atoms with E-state index < -0.39 is 23.6 Å². The first kappa shape index (κ1) is 20.0. The van der Waals surface area contributed by atoms with Crippen LogP contribution in [0.25, 0.3) is 0 Å². The Labute approximate surface area is 146 Å². The molecule has 8 nitrogen and oxygen atoms in total. The van der Waals surface area contributed by atoms with E-state index in [4.69, 9.17) is 4.74 Å². The first-order chi connectivity index (χ1) is 11.6. The van der Waals surface area contributed by atoms with Gasteiger partial charge in [-0.25, -0.2) is 14.4 Å². The van der Waals surface area contributed by atoms with Crippen LogP contribution in [0.15, 0.2) is 36.0 Å². The van der Waals surface area contributed by atoms with Gasteiger partial charge < -0.3 is 19.5 Å². The van der Waals surface area contributed by atoms with Gasteiger partial charge in [0.2, 0.25) is 0 Å². The summed E-state index contributed by atoms with van der Waals surface area (Å²) in [5, 5.41) is 5.33. The lowest BCUT2D eigenvalue weighted by Gasteiger charge is -2.19. The molecule has 136 valence electrons. The van der Waals surface area contributed by atoms with E-state index in [0.29, 0.717) is 11.4 Å². The number of hydrogen-bond acceptors (Lipinski definition) is 7. The van der Waals surface area contributed by atoms with Crippen LogP contribution in [0.5, 0.6) is 0 Å². The molecule has 0 spiro atoms. The molecule has 1 aromatic carbocycles. The van der Waals surface area contributed by atoms with Crippen LogP contribution in [0.2, 0.25) is 0 Å². The predicted molar refractivity (Wildman–Crippen MR) is 92.0 cm³/mol. The molecule has 0 atom stereocenters. The second-order valence-corrected chi connectivity index (χ2v) is 5.91. The van der Waals surface area contributed by atoms with E-state index in [1.807, 2.05) is 0 Å². The fourth-order valence-electron chi connectivity index (χ4n) is 1.68. The largest absolute Gasteiger partial charge is 0.466 e. The van der Waals surface area contributed by atoms with Gasteiger partial charge in [-0.2, -0.15) is 0 Å². The number of benzene rings is 1. The molecule has 0 saturated carbocycles. The van der Waals surface area contributed by atoms with Gasteiger partial charge in [-0.05, 0) is 39.0 Å². The van der Waals surface area contributed by atoms with Crippen LogP contribution >= 0.6 is 0 Å². The topological polar surface area (TPSA) is 103 Å². The molecule has 0 aliphatic heterocycles. The van der Waals surface area contributed by atoms with Crippen LogP contribution in [0, 0.1) is 0 Å². The molecule has 1 rings (SSSR count). The van der Waals surface area contributed by atoms with Crippen molar-refractivity contribution in [1.29, 1.82) is 0 Å². The second-order valence-electron chi connectivity index (χ2n) is 5.91. The van der Waals surface area contributed by atoms with E-state index in [0.717, 1.165) is 6.08 Å². The van der Waals surface area contributed by atoms with Gasteiger partial charge >= 0.3 is 18.0 Å². The predicted octanol–water partition coefficient (Wildman–Crippen LogP) is 2.68. The molecule has 0 aromatic heterocycles. The maximum Gasteiger partial charge on any atom is 0.412 e. The Balaban J connectivity index is 2.92. The maximum absolute atomic E-state index is 11.8. The molecule has 0 heterocycles. The van der Waals surface area contributed by atoms with E-state index in [1.165, 1.54) is 14.2 Å². The van der Waals surface area contributed by atoms with Crippen molar-refractivity contribution in [2.45, 2.75) is 26.4 Å². The number of esters is 2. The van der Waals surface area contributed by atoms with Gasteiger partial charge in [-0.15, -0.1) is 0 Å². The van der Waals surface area contributed by atoms with Crippen molar-refractivity contribution in [3.63, 3.8) is 0 Å². The number of methoxy groups -OCH3 is 2.